The third-order valence-electron chi connectivity index (χ3n) is 3.17. The standard InChI is InChI=1S/C16H16N2O3/c1-11-3-6-13(7-4-11)9-16(19)17-14-8-5-12(2)15(10-14)18(20)21/h3-8,10H,9H2,1-2H3,(H,17,19). The molecule has 0 saturated carbocycles. The predicted octanol–water partition coefficient (Wildman–Crippen LogP) is 3.39. The Balaban J connectivity index is 2.07. The SMILES string of the molecule is Cc1ccc(CC(=O)Nc2ccc(C)c([N+](=O)[O-])c2)cc1. The molecule has 0 radical (unpaired) electrons. The van der Waals surface area contributed by atoms with Gasteiger partial charge in [0.25, 0.3) is 5.69 Å². The van der Waals surface area contributed by atoms with Gasteiger partial charge in [-0.05, 0) is 25.5 Å². The maximum absolute atomic E-state index is 12.0. The van der Waals surface area contributed by atoms with Gasteiger partial charge in [-0.3, -0.25) is 14.9 Å². The number of nitro groups is 1. The van der Waals surface area contributed by atoms with Crippen LogP contribution in [-0.2, 0) is 11.2 Å². The molecule has 2 aromatic carbocycles. The first-order valence-corrected chi connectivity index (χ1v) is 6.56. The highest BCUT2D eigenvalue weighted by Crippen LogP contribution is 2.22. The number of hydrogen-bond acceptors (Lipinski definition) is 3. The molecule has 0 aliphatic rings. The summed E-state index contributed by atoms with van der Waals surface area (Å²) in [4.78, 5) is 22.4. The van der Waals surface area contributed by atoms with E-state index in [1.807, 2.05) is 31.2 Å². The number of aryl methyl sites for hydroxylation is 2. The monoisotopic (exact) mass is 284 g/mol. The highest BCUT2D eigenvalue weighted by Gasteiger charge is 2.12. The number of anilines is 1. The van der Waals surface area contributed by atoms with E-state index < -0.39 is 4.92 Å². The maximum Gasteiger partial charge on any atom is 0.274 e. The van der Waals surface area contributed by atoms with Crippen LogP contribution in [0.25, 0.3) is 0 Å². The second-order valence-electron chi connectivity index (χ2n) is 4.97. The normalized spacial score (nSPS) is 10.2. The molecule has 0 unspecified atom stereocenters. The fourth-order valence-corrected chi connectivity index (χ4v) is 1.98. The Kier molecular flexibility index (Phi) is 4.33. The van der Waals surface area contributed by atoms with E-state index in [9.17, 15) is 14.9 Å². The minimum absolute atomic E-state index is 0.00290. The van der Waals surface area contributed by atoms with E-state index >= 15 is 0 Å². The van der Waals surface area contributed by atoms with Gasteiger partial charge in [0.2, 0.25) is 5.91 Å². The van der Waals surface area contributed by atoms with Crippen LogP contribution in [0.3, 0.4) is 0 Å². The molecule has 0 heterocycles. The molecule has 1 amide bonds. The lowest BCUT2D eigenvalue weighted by Gasteiger charge is -2.06. The average molecular weight is 284 g/mol. The predicted molar refractivity (Wildman–Crippen MR) is 81.3 cm³/mol. The van der Waals surface area contributed by atoms with Crippen LogP contribution >= 0.6 is 0 Å². The smallest absolute Gasteiger partial charge is 0.274 e. The second-order valence-corrected chi connectivity index (χ2v) is 4.97. The highest BCUT2D eigenvalue weighted by molar-refractivity contribution is 5.92. The zero-order valence-corrected chi connectivity index (χ0v) is 11.9. The van der Waals surface area contributed by atoms with Gasteiger partial charge >= 0.3 is 0 Å². The van der Waals surface area contributed by atoms with Crippen LogP contribution < -0.4 is 5.32 Å². The van der Waals surface area contributed by atoms with Gasteiger partial charge in [0.15, 0.2) is 0 Å². The number of nitrogens with zero attached hydrogens (tertiary/aromatic N) is 1. The Hall–Kier alpha value is -2.69. The molecule has 0 atom stereocenters. The van der Waals surface area contributed by atoms with Crippen LogP contribution in [0, 0.1) is 24.0 Å². The van der Waals surface area contributed by atoms with Crippen molar-refractivity contribution >= 4 is 17.3 Å². The highest BCUT2D eigenvalue weighted by atomic mass is 16.6. The van der Waals surface area contributed by atoms with Gasteiger partial charge < -0.3 is 5.32 Å². The van der Waals surface area contributed by atoms with E-state index in [4.69, 9.17) is 0 Å². The first kappa shape index (κ1) is 14.7. The largest absolute Gasteiger partial charge is 0.326 e. The molecule has 0 bridgehead atoms. The average Bonchev–Trinajstić information content (AvgIpc) is 2.43. The lowest BCUT2D eigenvalue weighted by Crippen LogP contribution is -2.14. The van der Waals surface area contributed by atoms with Crippen molar-refractivity contribution in [2.45, 2.75) is 20.3 Å². The number of carbonyl (C=O) groups excluding carboxylic acids is 1. The molecule has 0 aromatic heterocycles. The minimum atomic E-state index is -0.453. The van der Waals surface area contributed by atoms with E-state index in [2.05, 4.69) is 5.32 Å². The van der Waals surface area contributed by atoms with Crippen molar-refractivity contribution in [1.29, 1.82) is 0 Å². The van der Waals surface area contributed by atoms with E-state index in [1.54, 1.807) is 19.1 Å². The van der Waals surface area contributed by atoms with Crippen LogP contribution in [0.5, 0.6) is 0 Å². The summed E-state index contributed by atoms with van der Waals surface area (Å²) < 4.78 is 0. The number of carbonyl (C=O) groups is 1. The fourth-order valence-electron chi connectivity index (χ4n) is 1.98. The van der Waals surface area contributed by atoms with Gasteiger partial charge in [0.1, 0.15) is 0 Å². The Bertz CT molecular complexity index is 678. The summed E-state index contributed by atoms with van der Waals surface area (Å²) in [5.41, 5.74) is 3.04. The van der Waals surface area contributed by atoms with Gasteiger partial charge in [-0.1, -0.05) is 35.9 Å². The van der Waals surface area contributed by atoms with Gasteiger partial charge in [0, 0.05) is 17.3 Å². The molecule has 5 nitrogen and oxygen atoms in total. The first-order valence-electron chi connectivity index (χ1n) is 6.56. The second kappa shape index (κ2) is 6.17. The lowest BCUT2D eigenvalue weighted by atomic mass is 10.1. The van der Waals surface area contributed by atoms with E-state index in [1.165, 1.54) is 6.07 Å². The van der Waals surface area contributed by atoms with E-state index in [0.717, 1.165) is 11.1 Å². The molecule has 0 fully saturated rings. The molecule has 2 aromatic rings. The number of rotatable bonds is 4. The number of nitro benzene ring substituents is 1. The molecule has 108 valence electrons. The van der Waals surface area contributed by atoms with Gasteiger partial charge in [-0.15, -0.1) is 0 Å². The van der Waals surface area contributed by atoms with E-state index in [-0.39, 0.29) is 18.0 Å². The number of amides is 1. The van der Waals surface area contributed by atoms with Gasteiger partial charge in [0.05, 0.1) is 11.3 Å². The quantitative estimate of drug-likeness (QED) is 0.691. The summed E-state index contributed by atoms with van der Waals surface area (Å²) in [5.74, 6) is -0.197. The van der Waals surface area contributed by atoms with Crippen LogP contribution in [0.4, 0.5) is 11.4 Å². The molecule has 0 spiro atoms. The first-order chi connectivity index (χ1) is 9.95. The molecule has 0 aliphatic carbocycles. The number of hydrogen-bond donors (Lipinski definition) is 1. The molecular weight excluding hydrogens is 268 g/mol. The summed E-state index contributed by atoms with van der Waals surface area (Å²) in [7, 11) is 0. The van der Waals surface area contributed by atoms with Crippen molar-refractivity contribution in [1.82, 2.24) is 0 Å². The van der Waals surface area contributed by atoms with Crippen molar-refractivity contribution < 1.29 is 9.72 Å². The van der Waals surface area contributed by atoms with Crippen LogP contribution in [0.15, 0.2) is 42.5 Å². The molecule has 1 N–H and O–H groups in total. The van der Waals surface area contributed by atoms with Gasteiger partial charge in [-0.2, -0.15) is 0 Å². The van der Waals surface area contributed by atoms with Gasteiger partial charge in [-0.25, -0.2) is 0 Å². The van der Waals surface area contributed by atoms with Crippen molar-refractivity contribution in [2.75, 3.05) is 5.32 Å². The zero-order valence-electron chi connectivity index (χ0n) is 11.9. The zero-order chi connectivity index (χ0) is 15.4. The van der Waals surface area contributed by atoms with Crippen LogP contribution in [-0.4, -0.2) is 10.8 Å². The number of nitrogens with one attached hydrogen (secondary N) is 1. The molecule has 0 saturated heterocycles. The Morgan fingerprint density at radius 1 is 1.14 bits per heavy atom. The summed E-state index contributed by atoms with van der Waals surface area (Å²) in [6.07, 6.45) is 0.238. The summed E-state index contributed by atoms with van der Waals surface area (Å²) in [5, 5.41) is 13.6. The fraction of sp³-hybridized carbons (Fsp3) is 0.188. The van der Waals surface area contributed by atoms with Crippen LogP contribution in [0.1, 0.15) is 16.7 Å². The topological polar surface area (TPSA) is 72.2 Å². The van der Waals surface area contributed by atoms with Crippen molar-refractivity contribution in [3.8, 4) is 0 Å². The molecular formula is C16H16N2O3. The minimum Gasteiger partial charge on any atom is -0.326 e. The molecule has 5 heteroatoms. The Morgan fingerprint density at radius 3 is 2.43 bits per heavy atom. The van der Waals surface area contributed by atoms with Crippen molar-refractivity contribution in [2.24, 2.45) is 0 Å². The third-order valence-corrected chi connectivity index (χ3v) is 3.17. The maximum atomic E-state index is 12.0. The summed E-state index contributed by atoms with van der Waals surface area (Å²) in [6, 6.07) is 12.3. The Morgan fingerprint density at radius 2 is 1.81 bits per heavy atom. The van der Waals surface area contributed by atoms with E-state index in [0.29, 0.717) is 11.3 Å². The third kappa shape index (κ3) is 3.89. The van der Waals surface area contributed by atoms with Crippen molar-refractivity contribution in [3.63, 3.8) is 0 Å². The molecule has 21 heavy (non-hydrogen) atoms. The number of benzene rings is 2. The molecule has 0 aliphatic heterocycles. The van der Waals surface area contributed by atoms with Crippen molar-refractivity contribution in [3.05, 3.63) is 69.3 Å². The Labute approximate surface area is 122 Å². The summed E-state index contributed by atoms with van der Waals surface area (Å²) in [6.45, 7) is 3.64. The lowest BCUT2D eigenvalue weighted by molar-refractivity contribution is -0.385. The van der Waals surface area contributed by atoms with Crippen LogP contribution in [0.2, 0.25) is 0 Å². The summed E-state index contributed by atoms with van der Waals surface area (Å²) >= 11 is 0. The molecule has 2 rings (SSSR count).